The van der Waals surface area contributed by atoms with Crippen molar-refractivity contribution in [1.82, 2.24) is 10.3 Å². The predicted octanol–water partition coefficient (Wildman–Crippen LogP) is -0.176. The summed E-state index contributed by atoms with van der Waals surface area (Å²) < 4.78 is 0. The highest BCUT2D eigenvalue weighted by atomic mass is 16.1. The Morgan fingerprint density at radius 2 is 2.55 bits per heavy atom. The van der Waals surface area contributed by atoms with Gasteiger partial charge >= 0.3 is 0 Å². The topological polar surface area (TPSA) is 68.0 Å². The molecule has 1 aromatic heterocycles. The number of nitrogens with zero attached hydrogens (tertiary/aromatic N) is 1. The van der Waals surface area contributed by atoms with Crippen LogP contribution in [-0.2, 0) is 0 Å². The number of nitrogens with two attached hydrogens (primary N) is 1. The van der Waals surface area contributed by atoms with Crippen molar-refractivity contribution < 1.29 is 4.79 Å². The van der Waals surface area contributed by atoms with Gasteiger partial charge in [-0.1, -0.05) is 0 Å². The Bertz CT molecular complexity index is 272. The van der Waals surface area contributed by atoms with Gasteiger partial charge in [-0.15, -0.1) is 0 Å². The van der Waals surface area contributed by atoms with Gasteiger partial charge in [-0.2, -0.15) is 0 Å². The van der Waals surface area contributed by atoms with E-state index < -0.39 is 0 Å². The van der Waals surface area contributed by atoms with Crippen LogP contribution < -0.4 is 11.1 Å². The van der Waals surface area contributed by atoms with Crippen LogP contribution in [0, 0.1) is 6.20 Å². The molecule has 1 aromatic rings. The maximum absolute atomic E-state index is 11.0. The van der Waals surface area contributed by atoms with E-state index in [4.69, 9.17) is 5.73 Å². The Morgan fingerprint density at radius 3 is 3.09 bits per heavy atom. The zero-order valence-electron chi connectivity index (χ0n) is 6.09. The van der Waals surface area contributed by atoms with Gasteiger partial charge in [-0.3, -0.25) is 9.78 Å². The molecule has 0 aliphatic heterocycles. The van der Waals surface area contributed by atoms with Gasteiger partial charge in [0.1, 0.15) is 6.20 Å². The number of amides is 1. The lowest BCUT2D eigenvalue weighted by atomic mass is 10.2. The van der Waals surface area contributed by atoms with Crippen molar-refractivity contribution in [2.24, 2.45) is 0 Å². The minimum Gasteiger partial charge on any atom is -0.396 e. The van der Waals surface area contributed by atoms with Gasteiger partial charge in [0.05, 0.1) is 11.3 Å². The second-order valence-corrected chi connectivity index (χ2v) is 1.96. The average molecular weight is 150 g/mol. The molecular weight excluding hydrogens is 142 g/mol. The summed E-state index contributed by atoms with van der Waals surface area (Å²) in [4.78, 5) is 14.6. The number of anilines is 1. The van der Waals surface area contributed by atoms with E-state index >= 15 is 0 Å². The summed E-state index contributed by atoms with van der Waals surface area (Å²) in [6.07, 6.45) is 3.96. The van der Waals surface area contributed by atoms with Crippen molar-refractivity contribution in [3.8, 4) is 0 Å². The van der Waals surface area contributed by atoms with Crippen LogP contribution in [0.3, 0.4) is 0 Å². The molecule has 0 saturated carbocycles. The summed E-state index contributed by atoms with van der Waals surface area (Å²) >= 11 is 0. The largest absolute Gasteiger partial charge is 0.396 e. The molecule has 0 saturated heterocycles. The van der Waals surface area contributed by atoms with Crippen molar-refractivity contribution in [2.75, 3.05) is 12.8 Å². The summed E-state index contributed by atoms with van der Waals surface area (Å²) in [6, 6.07) is 1.55. The van der Waals surface area contributed by atoms with Gasteiger partial charge in [0.25, 0.3) is 5.91 Å². The van der Waals surface area contributed by atoms with Gasteiger partial charge in [-0.25, -0.2) is 0 Å². The Kier molecular flexibility index (Phi) is 2.06. The number of pyridine rings is 1. The quantitative estimate of drug-likeness (QED) is 0.583. The third-order valence-corrected chi connectivity index (χ3v) is 1.26. The maximum atomic E-state index is 11.0. The number of hydrogen-bond acceptors (Lipinski definition) is 3. The predicted molar refractivity (Wildman–Crippen MR) is 40.9 cm³/mol. The van der Waals surface area contributed by atoms with Crippen LogP contribution in [-0.4, -0.2) is 17.9 Å². The molecule has 1 radical (unpaired) electrons. The molecule has 0 fully saturated rings. The first-order valence-electron chi connectivity index (χ1n) is 3.10. The van der Waals surface area contributed by atoms with E-state index in [1.54, 1.807) is 13.1 Å². The van der Waals surface area contributed by atoms with Gasteiger partial charge in [-0.05, 0) is 6.07 Å². The smallest absolute Gasteiger partial charge is 0.253 e. The average Bonchev–Trinajstić information content (AvgIpc) is 2.04. The highest BCUT2D eigenvalue weighted by Crippen LogP contribution is 2.06. The molecular formula is C7H8N3O. The summed E-state index contributed by atoms with van der Waals surface area (Å²) in [5.74, 6) is -0.221. The number of rotatable bonds is 1. The molecule has 0 bridgehead atoms. The van der Waals surface area contributed by atoms with E-state index in [-0.39, 0.29) is 11.6 Å². The Morgan fingerprint density at radius 1 is 1.82 bits per heavy atom. The van der Waals surface area contributed by atoms with Crippen molar-refractivity contribution in [3.63, 3.8) is 0 Å². The SMILES string of the molecule is CNC(=O)c1ccn[c]c1N. The lowest BCUT2D eigenvalue weighted by molar-refractivity contribution is 0.0964. The first-order valence-corrected chi connectivity index (χ1v) is 3.10. The number of nitrogen functional groups attached to an aromatic ring is 1. The molecule has 3 N–H and O–H groups in total. The number of aromatic nitrogens is 1. The maximum Gasteiger partial charge on any atom is 0.253 e. The molecule has 0 unspecified atom stereocenters. The zero-order valence-corrected chi connectivity index (χ0v) is 6.09. The monoisotopic (exact) mass is 150 g/mol. The number of carbonyl (C=O) groups is 1. The number of hydrogen-bond donors (Lipinski definition) is 2. The van der Waals surface area contributed by atoms with Crippen molar-refractivity contribution in [3.05, 3.63) is 24.0 Å². The van der Waals surface area contributed by atoms with Crippen LogP contribution in [0.4, 0.5) is 5.69 Å². The van der Waals surface area contributed by atoms with Gasteiger partial charge in [0.2, 0.25) is 0 Å². The van der Waals surface area contributed by atoms with Gasteiger partial charge in [0, 0.05) is 13.2 Å². The number of carbonyl (C=O) groups excluding carboxylic acids is 1. The Labute approximate surface area is 64.4 Å². The normalized spacial score (nSPS) is 9.18. The Hall–Kier alpha value is -1.58. The van der Waals surface area contributed by atoms with Crippen molar-refractivity contribution >= 4 is 11.6 Å². The van der Waals surface area contributed by atoms with Crippen LogP contribution in [0.2, 0.25) is 0 Å². The van der Waals surface area contributed by atoms with E-state index in [1.165, 1.54) is 6.20 Å². The summed E-state index contributed by atoms with van der Waals surface area (Å²) in [6.45, 7) is 0. The molecule has 4 nitrogen and oxygen atoms in total. The van der Waals surface area contributed by atoms with Crippen LogP contribution in [0.1, 0.15) is 10.4 Å². The Balaban J connectivity index is 3.03. The first kappa shape index (κ1) is 7.53. The fraction of sp³-hybridized carbons (Fsp3) is 0.143. The second-order valence-electron chi connectivity index (χ2n) is 1.96. The van der Waals surface area contributed by atoms with E-state index in [9.17, 15) is 4.79 Å². The zero-order chi connectivity index (χ0) is 8.27. The van der Waals surface area contributed by atoms with E-state index in [0.717, 1.165) is 0 Å². The molecule has 0 aliphatic carbocycles. The highest BCUT2D eigenvalue weighted by Gasteiger charge is 2.05. The molecule has 11 heavy (non-hydrogen) atoms. The summed E-state index contributed by atoms with van der Waals surface area (Å²) in [5, 5.41) is 2.46. The lowest BCUT2D eigenvalue weighted by Gasteiger charge is -2.00. The minimum absolute atomic E-state index is 0.221. The van der Waals surface area contributed by atoms with Crippen LogP contribution in [0.25, 0.3) is 0 Å². The molecule has 0 atom stereocenters. The van der Waals surface area contributed by atoms with Crippen molar-refractivity contribution in [1.29, 1.82) is 0 Å². The van der Waals surface area contributed by atoms with E-state index in [0.29, 0.717) is 5.56 Å². The molecule has 1 amide bonds. The first-order chi connectivity index (χ1) is 5.25. The third-order valence-electron chi connectivity index (χ3n) is 1.26. The van der Waals surface area contributed by atoms with Crippen LogP contribution >= 0.6 is 0 Å². The van der Waals surface area contributed by atoms with Crippen LogP contribution in [0.15, 0.2) is 12.3 Å². The summed E-state index contributed by atoms with van der Waals surface area (Å²) in [5.41, 5.74) is 6.09. The minimum atomic E-state index is -0.221. The molecule has 4 heteroatoms. The van der Waals surface area contributed by atoms with Gasteiger partial charge in [0.15, 0.2) is 0 Å². The standard InChI is InChI=1S/C7H8N3O/c1-9-7(11)5-2-3-10-4-6(5)8/h2-3H,8H2,1H3,(H,9,11). The van der Waals surface area contributed by atoms with E-state index in [1.807, 2.05) is 0 Å². The molecule has 0 aromatic carbocycles. The van der Waals surface area contributed by atoms with Gasteiger partial charge < -0.3 is 11.1 Å². The molecule has 1 heterocycles. The fourth-order valence-electron chi connectivity index (χ4n) is 0.701. The molecule has 1 rings (SSSR count). The molecule has 0 spiro atoms. The lowest BCUT2D eigenvalue weighted by Crippen LogP contribution is -2.19. The molecule has 57 valence electrons. The van der Waals surface area contributed by atoms with E-state index in [2.05, 4.69) is 16.5 Å². The summed E-state index contributed by atoms with van der Waals surface area (Å²) in [7, 11) is 1.54. The van der Waals surface area contributed by atoms with Crippen LogP contribution in [0.5, 0.6) is 0 Å². The highest BCUT2D eigenvalue weighted by molar-refractivity contribution is 5.98. The molecule has 0 aliphatic rings. The second kappa shape index (κ2) is 3.01. The van der Waals surface area contributed by atoms with Crippen molar-refractivity contribution in [2.45, 2.75) is 0 Å². The third kappa shape index (κ3) is 1.46. The number of nitrogens with one attached hydrogen (secondary N) is 1. The fourth-order valence-corrected chi connectivity index (χ4v) is 0.701.